The molecule has 82 valence electrons. The molecule has 1 N–H and O–H groups in total. The molecule has 0 aliphatic carbocycles. The number of halogens is 2. The fraction of sp³-hybridized carbons (Fsp3) is 0.889. The van der Waals surface area contributed by atoms with Crippen molar-refractivity contribution in [2.24, 2.45) is 0 Å². The van der Waals surface area contributed by atoms with E-state index in [0.29, 0.717) is 13.0 Å². The molecule has 1 saturated heterocycles. The monoisotopic (exact) mass is 207 g/mol. The van der Waals surface area contributed by atoms with Crippen molar-refractivity contribution in [2.45, 2.75) is 38.2 Å². The van der Waals surface area contributed by atoms with Gasteiger partial charge in [0.2, 0.25) is 5.91 Å². The van der Waals surface area contributed by atoms with E-state index in [-0.39, 0.29) is 6.54 Å². The van der Waals surface area contributed by atoms with Gasteiger partial charge in [0.15, 0.2) is 0 Å². The molecule has 1 fully saturated rings. The van der Waals surface area contributed by atoms with Gasteiger partial charge in [-0.25, -0.2) is 8.78 Å². The third-order valence-corrected chi connectivity index (χ3v) is 2.27. The Hall–Kier alpha value is -0.710. The molecule has 0 saturated carbocycles. The summed E-state index contributed by atoms with van der Waals surface area (Å²) in [5.41, 5.74) is -0.918. The number of aliphatic hydroxyl groups is 1. The van der Waals surface area contributed by atoms with Gasteiger partial charge >= 0.3 is 0 Å². The van der Waals surface area contributed by atoms with E-state index < -0.39 is 23.9 Å². The highest BCUT2D eigenvalue weighted by Gasteiger charge is 2.36. The third-order valence-electron chi connectivity index (χ3n) is 2.27. The van der Waals surface area contributed by atoms with E-state index in [2.05, 4.69) is 0 Å². The quantitative estimate of drug-likeness (QED) is 0.734. The minimum Gasteiger partial charge on any atom is -0.388 e. The van der Waals surface area contributed by atoms with E-state index in [1.807, 2.05) is 0 Å². The molecule has 3 nitrogen and oxygen atoms in total. The van der Waals surface area contributed by atoms with Crippen molar-refractivity contribution >= 4 is 5.91 Å². The molecule has 1 atom stereocenters. The predicted molar refractivity (Wildman–Crippen MR) is 47.1 cm³/mol. The second-order valence-electron chi connectivity index (χ2n) is 4.31. The Kier molecular flexibility index (Phi) is 2.81. The second kappa shape index (κ2) is 3.46. The van der Waals surface area contributed by atoms with Crippen LogP contribution in [0.5, 0.6) is 0 Å². The van der Waals surface area contributed by atoms with Crippen LogP contribution in [0, 0.1) is 0 Å². The maximum Gasteiger partial charge on any atom is 0.254 e. The van der Waals surface area contributed by atoms with Crippen molar-refractivity contribution in [3.8, 4) is 0 Å². The average molecular weight is 207 g/mol. The van der Waals surface area contributed by atoms with E-state index in [0.717, 1.165) is 6.92 Å². The molecule has 1 aliphatic rings. The Bertz CT molecular complexity index is 235. The smallest absolute Gasteiger partial charge is 0.254 e. The van der Waals surface area contributed by atoms with E-state index in [9.17, 15) is 18.7 Å². The van der Waals surface area contributed by atoms with Crippen molar-refractivity contribution in [1.82, 2.24) is 4.90 Å². The molecular formula is C9H15F2NO2. The van der Waals surface area contributed by atoms with E-state index in [1.165, 1.54) is 4.90 Å². The Morgan fingerprint density at radius 1 is 1.64 bits per heavy atom. The summed E-state index contributed by atoms with van der Waals surface area (Å²) in [5, 5.41) is 9.53. The largest absolute Gasteiger partial charge is 0.388 e. The number of β-amino-alcohol motifs (C(OH)–C–C–N with tert-alkyl or cyclic N) is 1. The highest BCUT2D eigenvalue weighted by Crippen LogP contribution is 2.24. The SMILES string of the molecule is CC(F)(F)CC(=O)N1CCC(C)(O)C1. The minimum atomic E-state index is -2.97. The minimum absolute atomic E-state index is 0.155. The first-order valence-electron chi connectivity index (χ1n) is 4.58. The lowest BCUT2D eigenvalue weighted by Crippen LogP contribution is -2.36. The topological polar surface area (TPSA) is 40.5 Å². The molecule has 0 aromatic heterocycles. The summed E-state index contributed by atoms with van der Waals surface area (Å²) in [4.78, 5) is 12.6. The van der Waals surface area contributed by atoms with Gasteiger partial charge in [0.05, 0.1) is 12.0 Å². The fourth-order valence-electron chi connectivity index (χ4n) is 1.54. The molecule has 1 aliphatic heterocycles. The van der Waals surface area contributed by atoms with Gasteiger partial charge in [-0.2, -0.15) is 0 Å². The van der Waals surface area contributed by atoms with Crippen LogP contribution in [-0.4, -0.2) is 40.5 Å². The number of hydrogen-bond donors (Lipinski definition) is 1. The van der Waals surface area contributed by atoms with Crippen molar-refractivity contribution < 1.29 is 18.7 Å². The van der Waals surface area contributed by atoms with Crippen LogP contribution in [0.4, 0.5) is 8.78 Å². The van der Waals surface area contributed by atoms with Gasteiger partial charge in [-0.15, -0.1) is 0 Å². The highest BCUT2D eigenvalue weighted by atomic mass is 19.3. The number of amides is 1. The van der Waals surface area contributed by atoms with Crippen LogP contribution in [-0.2, 0) is 4.79 Å². The Labute approximate surface area is 81.7 Å². The molecule has 0 aromatic rings. The summed E-state index contributed by atoms with van der Waals surface area (Å²) in [6.07, 6.45) is -0.322. The number of carbonyl (C=O) groups is 1. The zero-order valence-corrected chi connectivity index (χ0v) is 8.39. The summed E-state index contributed by atoms with van der Waals surface area (Å²) in [5.74, 6) is -3.55. The van der Waals surface area contributed by atoms with Crippen LogP contribution in [0.3, 0.4) is 0 Å². The number of hydrogen-bond acceptors (Lipinski definition) is 2. The normalized spacial score (nSPS) is 28.2. The average Bonchev–Trinajstić information content (AvgIpc) is 2.26. The zero-order chi connectivity index (χ0) is 11.0. The lowest BCUT2D eigenvalue weighted by Gasteiger charge is -2.20. The highest BCUT2D eigenvalue weighted by molar-refractivity contribution is 5.77. The van der Waals surface area contributed by atoms with Crippen molar-refractivity contribution in [1.29, 1.82) is 0 Å². The van der Waals surface area contributed by atoms with Gasteiger partial charge in [0.25, 0.3) is 5.92 Å². The molecule has 0 bridgehead atoms. The summed E-state index contributed by atoms with van der Waals surface area (Å²) < 4.78 is 25.0. The molecule has 1 amide bonds. The predicted octanol–water partition coefficient (Wildman–Crippen LogP) is 1.02. The van der Waals surface area contributed by atoms with E-state index in [1.54, 1.807) is 6.92 Å². The number of alkyl halides is 2. The van der Waals surface area contributed by atoms with Gasteiger partial charge in [-0.3, -0.25) is 4.79 Å². The number of nitrogens with zero attached hydrogens (tertiary/aromatic N) is 1. The Morgan fingerprint density at radius 3 is 2.57 bits per heavy atom. The summed E-state index contributed by atoms with van der Waals surface area (Å²) in [6, 6.07) is 0. The third kappa shape index (κ3) is 3.21. The first kappa shape index (κ1) is 11.4. The lowest BCUT2D eigenvalue weighted by molar-refractivity contribution is -0.137. The summed E-state index contributed by atoms with van der Waals surface area (Å²) in [7, 11) is 0. The Balaban J connectivity index is 2.48. The molecule has 0 radical (unpaired) electrons. The molecule has 1 heterocycles. The molecule has 1 rings (SSSR count). The number of likely N-dealkylation sites (tertiary alicyclic amines) is 1. The van der Waals surface area contributed by atoms with Crippen molar-refractivity contribution in [3.63, 3.8) is 0 Å². The van der Waals surface area contributed by atoms with Crippen LogP contribution < -0.4 is 0 Å². The Morgan fingerprint density at radius 2 is 2.21 bits per heavy atom. The van der Waals surface area contributed by atoms with Gasteiger partial charge in [-0.1, -0.05) is 0 Å². The van der Waals surface area contributed by atoms with Crippen molar-refractivity contribution in [3.05, 3.63) is 0 Å². The molecular weight excluding hydrogens is 192 g/mol. The van der Waals surface area contributed by atoms with Crippen LogP contribution >= 0.6 is 0 Å². The zero-order valence-electron chi connectivity index (χ0n) is 8.39. The molecule has 0 spiro atoms. The van der Waals surface area contributed by atoms with Crippen LogP contribution in [0.1, 0.15) is 26.7 Å². The first-order chi connectivity index (χ1) is 6.20. The maximum absolute atomic E-state index is 12.5. The summed E-state index contributed by atoms with van der Waals surface area (Å²) >= 11 is 0. The standard InChI is InChI=1S/C9H15F2NO2/c1-8(14)3-4-12(6-8)7(13)5-9(2,10)11/h14H,3-6H2,1-2H3. The number of rotatable bonds is 2. The van der Waals surface area contributed by atoms with Crippen LogP contribution in [0.25, 0.3) is 0 Å². The van der Waals surface area contributed by atoms with Gasteiger partial charge in [0.1, 0.15) is 0 Å². The van der Waals surface area contributed by atoms with Gasteiger partial charge in [-0.05, 0) is 20.3 Å². The van der Waals surface area contributed by atoms with Crippen LogP contribution in [0.15, 0.2) is 0 Å². The maximum atomic E-state index is 12.5. The van der Waals surface area contributed by atoms with Crippen LogP contribution in [0.2, 0.25) is 0 Å². The molecule has 0 aromatic carbocycles. The number of carbonyl (C=O) groups excluding carboxylic acids is 1. The summed E-state index contributed by atoms with van der Waals surface area (Å²) in [6.45, 7) is 2.84. The molecule has 5 heteroatoms. The molecule has 14 heavy (non-hydrogen) atoms. The van der Waals surface area contributed by atoms with E-state index in [4.69, 9.17) is 0 Å². The van der Waals surface area contributed by atoms with Gasteiger partial charge in [0, 0.05) is 13.1 Å². The van der Waals surface area contributed by atoms with Crippen molar-refractivity contribution in [2.75, 3.05) is 13.1 Å². The second-order valence-corrected chi connectivity index (χ2v) is 4.31. The van der Waals surface area contributed by atoms with E-state index >= 15 is 0 Å². The fourth-order valence-corrected chi connectivity index (χ4v) is 1.54. The lowest BCUT2D eigenvalue weighted by atomic mass is 10.1. The molecule has 1 unspecified atom stereocenters. The van der Waals surface area contributed by atoms with Gasteiger partial charge < -0.3 is 10.0 Å². The first-order valence-corrected chi connectivity index (χ1v) is 4.58.